The van der Waals surface area contributed by atoms with Crippen molar-refractivity contribution in [3.63, 3.8) is 0 Å². The van der Waals surface area contributed by atoms with Crippen LogP contribution < -0.4 is 5.32 Å². The molecule has 0 fully saturated rings. The Morgan fingerprint density at radius 3 is 2.33 bits per heavy atom. The summed E-state index contributed by atoms with van der Waals surface area (Å²) in [5.74, 6) is 0. The van der Waals surface area contributed by atoms with Crippen molar-refractivity contribution in [2.24, 2.45) is 0 Å². The molecule has 4 heteroatoms. The minimum Gasteiger partial charge on any atom is -0.400 e. The first kappa shape index (κ1) is 12.5. The highest BCUT2D eigenvalue weighted by molar-refractivity contribution is 7.22. The Morgan fingerprint density at radius 2 is 1.61 bits per heavy atom. The maximum absolute atomic E-state index is 7.00. The number of rotatable bonds is 2. The Balaban J connectivity index is 0.000000574. The van der Waals surface area contributed by atoms with E-state index in [-0.39, 0.29) is 0 Å². The molecule has 0 bridgehead atoms. The van der Waals surface area contributed by atoms with Gasteiger partial charge in [0.15, 0.2) is 5.13 Å². The van der Waals surface area contributed by atoms with Crippen LogP contribution in [0.5, 0.6) is 0 Å². The summed E-state index contributed by atoms with van der Waals surface area (Å²) >= 11 is 1.67. The molecule has 0 aliphatic rings. The molecular formula is C14H14N2OS. The molecule has 0 aliphatic carbocycles. The number of aromatic nitrogens is 1. The van der Waals surface area contributed by atoms with Gasteiger partial charge in [-0.15, -0.1) is 0 Å². The summed E-state index contributed by atoms with van der Waals surface area (Å²) in [5, 5.41) is 11.2. The third kappa shape index (κ3) is 2.85. The number of fused-ring (bicyclic) bond motifs is 1. The first-order valence-corrected chi connectivity index (χ1v) is 6.36. The lowest BCUT2D eigenvalue weighted by atomic mass is 10.3. The molecule has 0 saturated heterocycles. The number of benzene rings is 2. The predicted molar refractivity (Wildman–Crippen MR) is 77.5 cm³/mol. The molecule has 3 nitrogen and oxygen atoms in total. The molecule has 2 N–H and O–H groups in total. The second kappa shape index (κ2) is 6.14. The first-order valence-electron chi connectivity index (χ1n) is 5.54. The van der Waals surface area contributed by atoms with Gasteiger partial charge in [0.25, 0.3) is 0 Å². The van der Waals surface area contributed by atoms with Gasteiger partial charge in [0, 0.05) is 12.8 Å². The zero-order valence-electron chi connectivity index (χ0n) is 10.00. The number of hydrogen-bond acceptors (Lipinski definition) is 4. The van der Waals surface area contributed by atoms with Gasteiger partial charge in [-0.25, -0.2) is 4.98 Å². The van der Waals surface area contributed by atoms with E-state index >= 15 is 0 Å². The molecule has 0 amide bonds. The van der Waals surface area contributed by atoms with Crippen LogP contribution in [0.2, 0.25) is 0 Å². The van der Waals surface area contributed by atoms with Gasteiger partial charge in [-0.1, -0.05) is 41.7 Å². The molecular weight excluding hydrogens is 244 g/mol. The molecule has 0 radical (unpaired) electrons. The summed E-state index contributed by atoms with van der Waals surface area (Å²) in [7, 11) is 1.00. The number of nitrogens with zero attached hydrogens (tertiary/aromatic N) is 1. The third-order valence-electron chi connectivity index (χ3n) is 2.32. The minimum atomic E-state index is 0.937. The molecule has 2 aromatic carbocycles. The molecule has 0 spiro atoms. The van der Waals surface area contributed by atoms with Crippen LogP contribution in [0.15, 0.2) is 54.6 Å². The monoisotopic (exact) mass is 258 g/mol. The van der Waals surface area contributed by atoms with E-state index in [1.165, 1.54) is 4.70 Å². The molecule has 0 aliphatic heterocycles. The number of para-hydroxylation sites is 2. The number of aliphatic hydroxyl groups excluding tert-OH is 1. The van der Waals surface area contributed by atoms with Crippen LogP contribution in [-0.4, -0.2) is 17.2 Å². The lowest BCUT2D eigenvalue weighted by Crippen LogP contribution is -1.87. The van der Waals surface area contributed by atoms with Crippen LogP contribution >= 0.6 is 11.3 Å². The fourth-order valence-electron chi connectivity index (χ4n) is 1.57. The number of aliphatic hydroxyl groups is 1. The topological polar surface area (TPSA) is 45.1 Å². The van der Waals surface area contributed by atoms with Gasteiger partial charge in [-0.2, -0.15) is 0 Å². The molecule has 0 unspecified atom stereocenters. The Labute approximate surface area is 110 Å². The van der Waals surface area contributed by atoms with Crippen LogP contribution in [0.25, 0.3) is 10.2 Å². The molecule has 1 heterocycles. The summed E-state index contributed by atoms with van der Waals surface area (Å²) in [6.45, 7) is 0. The second-order valence-electron chi connectivity index (χ2n) is 3.48. The van der Waals surface area contributed by atoms with Crippen molar-refractivity contribution in [2.75, 3.05) is 12.4 Å². The van der Waals surface area contributed by atoms with E-state index < -0.39 is 0 Å². The van der Waals surface area contributed by atoms with E-state index in [9.17, 15) is 0 Å². The zero-order chi connectivity index (χ0) is 12.8. The minimum absolute atomic E-state index is 0.937. The molecule has 1 aromatic heterocycles. The van der Waals surface area contributed by atoms with Crippen LogP contribution in [0.3, 0.4) is 0 Å². The maximum Gasteiger partial charge on any atom is 0.188 e. The number of anilines is 2. The Hall–Kier alpha value is -1.91. The molecule has 92 valence electrons. The van der Waals surface area contributed by atoms with Gasteiger partial charge in [0.2, 0.25) is 0 Å². The largest absolute Gasteiger partial charge is 0.400 e. The van der Waals surface area contributed by atoms with Crippen LogP contribution in [0, 0.1) is 0 Å². The first-order chi connectivity index (χ1) is 8.92. The summed E-state index contributed by atoms with van der Waals surface area (Å²) in [5.41, 5.74) is 2.12. The van der Waals surface area contributed by atoms with Gasteiger partial charge in [-0.05, 0) is 24.3 Å². The fraction of sp³-hybridized carbons (Fsp3) is 0.0714. The van der Waals surface area contributed by atoms with Crippen LogP contribution in [0.4, 0.5) is 10.8 Å². The van der Waals surface area contributed by atoms with Crippen molar-refractivity contribution in [1.82, 2.24) is 4.98 Å². The van der Waals surface area contributed by atoms with Gasteiger partial charge in [0.05, 0.1) is 10.2 Å². The Kier molecular flexibility index (Phi) is 4.28. The predicted octanol–water partition coefficient (Wildman–Crippen LogP) is 3.65. The van der Waals surface area contributed by atoms with Crippen molar-refractivity contribution < 1.29 is 5.11 Å². The SMILES string of the molecule is CO.c1ccc(Nc2nc3ccccc3s2)cc1. The van der Waals surface area contributed by atoms with Crippen molar-refractivity contribution in [3.05, 3.63) is 54.6 Å². The smallest absolute Gasteiger partial charge is 0.188 e. The Morgan fingerprint density at radius 1 is 0.944 bits per heavy atom. The zero-order valence-corrected chi connectivity index (χ0v) is 10.8. The maximum atomic E-state index is 7.00. The summed E-state index contributed by atoms with van der Waals surface area (Å²) < 4.78 is 1.21. The van der Waals surface area contributed by atoms with E-state index in [2.05, 4.69) is 16.4 Å². The molecule has 0 atom stereocenters. The highest BCUT2D eigenvalue weighted by atomic mass is 32.1. The van der Waals surface area contributed by atoms with Crippen molar-refractivity contribution in [2.45, 2.75) is 0 Å². The van der Waals surface area contributed by atoms with Crippen molar-refractivity contribution in [1.29, 1.82) is 0 Å². The fourth-order valence-corrected chi connectivity index (χ4v) is 2.46. The molecule has 18 heavy (non-hydrogen) atoms. The number of hydrogen-bond donors (Lipinski definition) is 2. The van der Waals surface area contributed by atoms with Gasteiger partial charge < -0.3 is 10.4 Å². The summed E-state index contributed by atoms with van der Waals surface area (Å²) in [6, 6.07) is 18.2. The second-order valence-corrected chi connectivity index (χ2v) is 4.51. The lowest BCUT2D eigenvalue weighted by molar-refractivity contribution is 0.399. The Bertz CT molecular complexity index is 574. The number of nitrogens with one attached hydrogen (secondary N) is 1. The summed E-state index contributed by atoms with van der Waals surface area (Å²) in [4.78, 5) is 4.52. The average Bonchev–Trinajstić information content (AvgIpc) is 2.84. The quantitative estimate of drug-likeness (QED) is 0.737. The third-order valence-corrected chi connectivity index (χ3v) is 3.27. The van der Waals surface area contributed by atoms with Crippen molar-refractivity contribution >= 4 is 32.4 Å². The molecule has 3 aromatic rings. The normalized spacial score (nSPS) is 9.67. The molecule has 0 saturated carbocycles. The lowest BCUT2D eigenvalue weighted by Gasteiger charge is -1.99. The van der Waals surface area contributed by atoms with E-state index in [0.717, 1.165) is 23.4 Å². The van der Waals surface area contributed by atoms with Gasteiger partial charge in [-0.3, -0.25) is 0 Å². The van der Waals surface area contributed by atoms with Crippen LogP contribution in [-0.2, 0) is 0 Å². The van der Waals surface area contributed by atoms with E-state index in [4.69, 9.17) is 5.11 Å². The van der Waals surface area contributed by atoms with Crippen LogP contribution in [0.1, 0.15) is 0 Å². The van der Waals surface area contributed by atoms with E-state index in [1.807, 2.05) is 48.5 Å². The van der Waals surface area contributed by atoms with E-state index in [0.29, 0.717) is 0 Å². The highest BCUT2D eigenvalue weighted by Gasteiger charge is 2.02. The average molecular weight is 258 g/mol. The van der Waals surface area contributed by atoms with Gasteiger partial charge >= 0.3 is 0 Å². The highest BCUT2D eigenvalue weighted by Crippen LogP contribution is 2.27. The van der Waals surface area contributed by atoms with Gasteiger partial charge in [0.1, 0.15) is 0 Å². The van der Waals surface area contributed by atoms with E-state index in [1.54, 1.807) is 11.3 Å². The van der Waals surface area contributed by atoms with Crippen molar-refractivity contribution in [3.8, 4) is 0 Å². The summed E-state index contributed by atoms with van der Waals surface area (Å²) in [6.07, 6.45) is 0. The number of thiazole rings is 1. The molecule has 3 rings (SSSR count). The standard InChI is InChI=1S/C13H10N2S.CH4O/c1-2-6-10(7-3-1)14-13-15-11-8-4-5-9-12(11)16-13;1-2/h1-9H,(H,14,15);2H,1H3.